The fourth-order valence-corrected chi connectivity index (χ4v) is 3.79. The molecule has 0 aliphatic carbocycles. The summed E-state index contributed by atoms with van der Waals surface area (Å²) in [6.45, 7) is 0.615. The summed E-state index contributed by atoms with van der Waals surface area (Å²) in [5.41, 5.74) is 3.02. The number of benzene rings is 2. The van der Waals surface area contributed by atoms with Gasteiger partial charge >= 0.3 is 0 Å². The molecule has 2 heterocycles. The van der Waals surface area contributed by atoms with E-state index < -0.39 is 0 Å². The summed E-state index contributed by atoms with van der Waals surface area (Å²) in [7, 11) is 1.86. The van der Waals surface area contributed by atoms with Gasteiger partial charge in [-0.15, -0.1) is 0 Å². The Labute approximate surface area is 145 Å². The summed E-state index contributed by atoms with van der Waals surface area (Å²) in [5, 5.41) is 4.11. The molecule has 0 spiro atoms. The Bertz CT molecular complexity index is 827. The second-order valence-electron chi connectivity index (χ2n) is 5.94. The third kappa shape index (κ3) is 2.59. The van der Waals surface area contributed by atoms with Gasteiger partial charge in [-0.05, 0) is 34.5 Å². The van der Waals surface area contributed by atoms with E-state index in [-0.39, 0.29) is 11.8 Å². The van der Waals surface area contributed by atoms with Crippen LogP contribution in [-0.4, -0.2) is 17.9 Å². The van der Waals surface area contributed by atoms with Crippen molar-refractivity contribution in [3.05, 3.63) is 82.0 Å². The predicted octanol–water partition coefficient (Wildman–Crippen LogP) is 4.64. The average Bonchev–Trinajstić information content (AvgIpc) is 3.12. The minimum Gasteiger partial charge on any atom is -0.457 e. The summed E-state index contributed by atoms with van der Waals surface area (Å²) in [6.07, 6.45) is 0. The van der Waals surface area contributed by atoms with Gasteiger partial charge in [0.1, 0.15) is 11.5 Å². The molecule has 3 aromatic rings. The molecule has 0 bridgehead atoms. The van der Waals surface area contributed by atoms with Crippen LogP contribution in [0.15, 0.2) is 65.4 Å². The summed E-state index contributed by atoms with van der Waals surface area (Å²) in [4.78, 5) is 15.0. The van der Waals surface area contributed by atoms with Crippen LogP contribution in [0.3, 0.4) is 0 Å². The van der Waals surface area contributed by atoms with Crippen molar-refractivity contribution in [2.45, 2.75) is 12.5 Å². The average molecular weight is 335 g/mol. The van der Waals surface area contributed by atoms with Crippen molar-refractivity contribution in [3.63, 3.8) is 0 Å². The Balaban J connectivity index is 1.72. The molecule has 4 rings (SSSR count). The van der Waals surface area contributed by atoms with Crippen molar-refractivity contribution in [2.24, 2.45) is 0 Å². The zero-order chi connectivity index (χ0) is 16.5. The van der Waals surface area contributed by atoms with E-state index in [1.165, 1.54) is 0 Å². The van der Waals surface area contributed by atoms with Gasteiger partial charge in [-0.1, -0.05) is 36.4 Å². The number of hydrogen-bond acceptors (Lipinski definition) is 3. The zero-order valence-electron chi connectivity index (χ0n) is 13.3. The van der Waals surface area contributed by atoms with E-state index in [2.05, 4.69) is 11.4 Å². The van der Waals surface area contributed by atoms with Crippen molar-refractivity contribution < 1.29 is 9.53 Å². The Morgan fingerprint density at radius 3 is 2.25 bits per heavy atom. The lowest BCUT2D eigenvalue weighted by molar-refractivity contribution is -0.131. The molecule has 0 atom stereocenters. The number of rotatable bonds is 3. The summed E-state index contributed by atoms with van der Waals surface area (Å²) < 4.78 is 5.97. The van der Waals surface area contributed by atoms with Crippen LogP contribution in [0.5, 0.6) is 11.5 Å². The van der Waals surface area contributed by atoms with E-state index in [4.69, 9.17) is 4.74 Å². The molecule has 0 saturated heterocycles. The summed E-state index contributed by atoms with van der Waals surface area (Å²) in [6, 6.07) is 17.6. The van der Waals surface area contributed by atoms with Crippen LogP contribution in [0.4, 0.5) is 0 Å². The first kappa shape index (κ1) is 15.0. The topological polar surface area (TPSA) is 29.5 Å². The van der Waals surface area contributed by atoms with Crippen LogP contribution in [0.2, 0.25) is 0 Å². The molecule has 0 N–H and O–H groups in total. The number of thiophene rings is 1. The molecule has 0 radical (unpaired) electrons. The number of carbonyl (C=O) groups excluding carboxylic acids is 1. The zero-order valence-corrected chi connectivity index (χ0v) is 14.1. The number of fused-ring (bicyclic) bond motifs is 2. The quantitative estimate of drug-likeness (QED) is 0.697. The molecular formula is C20H17NO2S. The molecule has 1 aromatic heterocycles. The number of carbonyl (C=O) groups is 1. The van der Waals surface area contributed by atoms with Gasteiger partial charge in [0, 0.05) is 24.7 Å². The minimum atomic E-state index is -0.324. The first-order valence-corrected chi connectivity index (χ1v) is 8.80. The number of amides is 1. The number of nitrogens with zero attached hydrogens (tertiary/aromatic N) is 1. The number of hydrogen-bond donors (Lipinski definition) is 0. The lowest BCUT2D eigenvalue weighted by Gasteiger charge is -2.30. The van der Waals surface area contributed by atoms with Gasteiger partial charge in [0.25, 0.3) is 0 Å². The van der Waals surface area contributed by atoms with Crippen LogP contribution in [0.25, 0.3) is 0 Å². The molecule has 4 heteroatoms. The van der Waals surface area contributed by atoms with E-state index in [9.17, 15) is 4.79 Å². The number of ether oxygens (including phenoxy) is 1. The molecule has 3 nitrogen and oxygen atoms in total. The summed E-state index contributed by atoms with van der Waals surface area (Å²) in [5.74, 6) is 1.29. The van der Waals surface area contributed by atoms with Crippen LogP contribution in [0, 0.1) is 0 Å². The Morgan fingerprint density at radius 2 is 1.67 bits per heavy atom. The van der Waals surface area contributed by atoms with E-state index in [0.29, 0.717) is 6.54 Å². The van der Waals surface area contributed by atoms with E-state index in [0.717, 1.165) is 28.2 Å². The van der Waals surface area contributed by atoms with Gasteiger partial charge in [0.05, 0.1) is 5.92 Å². The molecule has 1 amide bonds. The van der Waals surface area contributed by atoms with Crippen LogP contribution in [-0.2, 0) is 11.3 Å². The molecule has 0 saturated carbocycles. The maximum Gasteiger partial charge on any atom is 0.234 e. The van der Waals surface area contributed by atoms with Gasteiger partial charge in [-0.3, -0.25) is 4.79 Å². The second kappa shape index (κ2) is 6.13. The van der Waals surface area contributed by atoms with Crippen molar-refractivity contribution in [1.82, 2.24) is 4.90 Å². The Morgan fingerprint density at radius 1 is 1.04 bits per heavy atom. The van der Waals surface area contributed by atoms with Crippen LogP contribution >= 0.6 is 11.3 Å². The van der Waals surface area contributed by atoms with Crippen molar-refractivity contribution in [1.29, 1.82) is 0 Å². The van der Waals surface area contributed by atoms with Gasteiger partial charge in [0.2, 0.25) is 5.91 Å². The molecular weight excluding hydrogens is 318 g/mol. The second-order valence-corrected chi connectivity index (χ2v) is 6.72. The molecule has 1 aliphatic heterocycles. The third-order valence-electron chi connectivity index (χ3n) is 4.30. The highest BCUT2D eigenvalue weighted by Crippen LogP contribution is 2.44. The molecule has 2 aromatic carbocycles. The first-order valence-electron chi connectivity index (χ1n) is 7.86. The Kier molecular flexibility index (Phi) is 3.82. The number of para-hydroxylation sites is 2. The van der Waals surface area contributed by atoms with E-state index in [1.807, 2.05) is 61.0 Å². The van der Waals surface area contributed by atoms with Gasteiger partial charge in [0.15, 0.2) is 0 Å². The van der Waals surface area contributed by atoms with Crippen molar-refractivity contribution in [2.75, 3.05) is 7.05 Å². The SMILES string of the molecule is CN(Cc1ccsc1)C(=O)C1c2ccccc2Oc2ccccc21. The fourth-order valence-electron chi connectivity index (χ4n) is 3.13. The smallest absolute Gasteiger partial charge is 0.234 e. The largest absolute Gasteiger partial charge is 0.457 e. The summed E-state index contributed by atoms with van der Waals surface area (Å²) >= 11 is 1.65. The van der Waals surface area contributed by atoms with E-state index >= 15 is 0 Å². The molecule has 120 valence electrons. The Hall–Kier alpha value is -2.59. The lowest BCUT2D eigenvalue weighted by atomic mass is 9.87. The molecule has 24 heavy (non-hydrogen) atoms. The van der Waals surface area contributed by atoms with Gasteiger partial charge in [-0.2, -0.15) is 11.3 Å². The predicted molar refractivity (Wildman–Crippen MR) is 95.6 cm³/mol. The highest BCUT2D eigenvalue weighted by Gasteiger charge is 2.34. The van der Waals surface area contributed by atoms with Crippen molar-refractivity contribution in [3.8, 4) is 11.5 Å². The minimum absolute atomic E-state index is 0.0874. The lowest BCUT2D eigenvalue weighted by Crippen LogP contribution is -2.33. The first-order chi connectivity index (χ1) is 11.7. The molecule has 0 fully saturated rings. The monoisotopic (exact) mass is 335 g/mol. The third-order valence-corrected chi connectivity index (χ3v) is 5.04. The van der Waals surface area contributed by atoms with Crippen LogP contribution < -0.4 is 4.74 Å². The van der Waals surface area contributed by atoms with Gasteiger partial charge in [-0.25, -0.2) is 0 Å². The highest BCUT2D eigenvalue weighted by molar-refractivity contribution is 7.07. The fraction of sp³-hybridized carbons (Fsp3) is 0.150. The molecule has 0 unspecified atom stereocenters. The highest BCUT2D eigenvalue weighted by atomic mass is 32.1. The van der Waals surface area contributed by atoms with Gasteiger partial charge < -0.3 is 9.64 Å². The molecule has 1 aliphatic rings. The maximum absolute atomic E-state index is 13.2. The van der Waals surface area contributed by atoms with E-state index in [1.54, 1.807) is 16.2 Å². The standard InChI is InChI=1S/C20H17NO2S/c1-21(12-14-10-11-24-13-14)20(22)19-15-6-2-4-8-17(15)23-18-9-5-3-7-16(18)19/h2-11,13,19H,12H2,1H3. The maximum atomic E-state index is 13.2. The van der Waals surface area contributed by atoms with Crippen molar-refractivity contribution >= 4 is 17.2 Å². The number of likely N-dealkylation sites (N-methyl/N-ethyl adjacent to an activating group) is 1. The van der Waals surface area contributed by atoms with Crippen LogP contribution in [0.1, 0.15) is 22.6 Å². The normalized spacial score (nSPS) is 12.9.